The molecule has 0 aliphatic heterocycles. The number of nitro groups is 1. The maximum absolute atomic E-state index is 12.7. The minimum absolute atomic E-state index is 0.147. The molecule has 6 nitrogen and oxygen atoms in total. The van der Waals surface area contributed by atoms with Crippen LogP contribution in [0.4, 0.5) is 5.69 Å². The Morgan fingerprint density at radius 3 is 2.10 bits per heavy atom. The summed E-state index contributed by atoms with van der Waals surface area (Å²) in [4.78, 5) is 24.3. The normalized spacial score (nSPS) is 11.0. The van der Waals surface area contributed by atoms with Crippen molar-refractivity contribution in [2.24, 2.45) is 0 Å². The standard InChI is InChI=1S/C21H21NO5S2/c1-4-17(28)21(20(23)24,18(29)5-2)19-14(10-8-12-16(19)27-3)13-9-6-7-11-15(13)22(25)26/h6-12H,4-5H2,1-3H3,(H,23,24). The highest BCUT2D eigenvalue weighted by Gasteiger charge is 2.50. The molecule has 0 fully saturated rings. The van der Waals surface area contributed by atoms with E-state index >= 15 is 0 Å². The number of nitrogens with zero attached hydrogens (tertiary/aromatic N) is 1. The van der Waals surface area contributed by atoms with E-state index < -0.39 is 16.3 Å². The molecular weight excluding hydrogens is 410 g/mol. The smallest absolute Gasteiger partial charge is 0.324 e. The zero-order valence-corrected chi connectivity index (χ0v) is 17.9. The van der Waals surface area contributed by atoms with Crippen LogP contribution in [0.2, 0.25) is 0 Å². The van der Waals surface area contributed by atoms with Crippen molar-refractivity contribution < 1.29 is 19.6 Å². The number of benzene rings is 2. The minimum Gasteiger partial charge on any atom is -0.496 e. The zero-order valence-electron chi connectivity index (χ0n) is 16.3. The van der Waals surface area contributed by atoms with Crippen molar-refractivity contribution in [3.05, 3.63) is 58.1 Å². The number of carboxylic acids is 1. The van der Waals surface area contributed by atoms with Gasteiger partial charge in [-0.15, -0.1) is 0 Å². The number of carbonyl (C=O) groups is 1. The molecule has 0 saturated carbocycles. The van der Waals surface area contributed by atoms with Gasteiger partial charge in [0.2, 0.25) is 0 Å². The molecule has 0 aromatic heterocycles. The van der Waals surface area contributed by atoms with Crippen molar-refractivity contribution in [1.82, 2.24) is 0 Å². The fourth-order valence-electron chi connectivity index (χ4n) is 3.48. The zero-order chi connectivity index (χ0) is 21.8. The molecule has 2 aromatic rings. The minimum atomic E-state index is -1.79. The van der Waals surface area contributed by atoms with E-state index in [2.05, 4.69) is 0 Å². The van der Waals surface area contributed by atoms with Crippen LogP contribution in [-0.2, 0) is 10.2 Å². The van der Waals surface area contributed by atoms with E-state index in [0.717, 1.165) is 0 Å². The highest BCUT2D eigenvalue weighted by Crippen LogP contribution is 2.45. The SMILES string of the molecule is CCC(=S)C(C(=O)O)(C(=S)CC)c1c(OC)cccc1-c1ccccc1[N+](=O)[O-]. The Morgan fingerprint density at radius 1 is 1.07 bits per heavy atom. The van der Waals surface area contributed by atoms with Crippen LogP contribution in [0.3, 0.4) is 0 Å². The van der Waals surface area contributed by atoms with Crippen LogP contribution >= 0.6 is 24.4 Å². The molecule has 0 radical (unpaired) electrons. The Kier molecular flexibility index (Phi) is 7.16. The molecule has 0 amide bonds. The quantitative estimate of drug-likeness (QED) is 0.333. The van der Waals surface area contributed by atoms with Gasteiger partial charge in [-0.3, -0.25) is 14.9 Å². The Hall–Kier alpha value is -2.71. The predicted molar refractivity (Wildman–Crippen MR) is 120 cm³/mol. The van der Waals surface area contributed by atoms with Crippen molar-refractivity contribution in [3.63, 3.8) is 0 Å². The highest BCUT2D eigenvalue weighted by atomic mass is 32.1. The second kappa shape index (κ2) is 9.19. The number of hydrogen-bond donors (Lipinski definition) is 1. The number of nitro benzene ring substituents is 1. The summed E-state index contributed by atoms with van der Waals surface area (Å²) in [5.41, 5.74) is -1.09. The molecule has 2 rings (SSSR count). The molecule has 0 unspecified atom stereocenters. The van der Waals surface area contributed by atoms with Crippen molar-refractivity contribution in [2.45, 2.75) is 32.1 Å². The molecule has 0 saturated heterocycles. The van der Waals surface area contributed by atoms with Gasteiger partial charge in [0.05, 0.1) is 17.6 Å². The molecule has 0 atom stereocenters. The molecule has 0 aliphatic rings. The monoisotopic (exact) mass is 431 g/mol. The van der Waals surface area contributed by atoms with Crippen LogP contribution in [0.5, 0.6) is 5.75 Å². The fraction of sp³-hybridized carbons (Fsp3) is 0.286. The summed E-state index contributed by atoms with van der Waals surface area (Å²) in [5, 5.41) is 22.0. The second-order valence-corrected chi connectivity index (χ2v) is 7.25. The molecule has 0 spiro atoms. The van der Waals surface area contributed by atoms with E-state index in [1.165, 1.54) is 13.2 Å². The molecule has 152 valence electrons. The van der Waals surface area contributed by atoms with Gasteiger partial charge in [0.1, 0.15) is 5.75 Å². The molecule has 0 bridgehead atoms. The van der Waals surface area contributed by atoms with Gasteiger partial charge in [-0.1, -0.05) is 62.5 Å². The summed E-state index contributed by atoms with van der Waals surface area (Å²) in [6, 6.07) is 11.1. The maximum Gasteiger partial charge on any atom is 0.324 e. The van der Waals surface area contributed by atoms with Crippen molar-refractivity contribution in [1.29, 1.82) is 0 Å². The number of ether oxygens (including phenoxy) is 1. The lowest BCUT2D eigenvalue weighted by molar-refractivity contribution is -0.384. The van der Waals surface area contributed by atoms with E-state index in [0.29, 0.717) is 5.56 Å². The number of rotatable bonds is 9. The van der Waals surface area contributed by atoms with Gasteiger partial charge in [0.25, 0.3) is 5.69 Å². The first kappa shape index (κ1) is 22.6. The first-order chi connectivity index (χ1) is 13.8. The van der Waals surface area contributed by atoms with Crippen molar-refractivity contribution in [2.75, 3.05) is 7.11 Å². The van der Waals surface area contributed by atoms with Gasteiger partial charge in [-0.2, -0.15) is 0 Å². The topological polar surface area (TPSA) is 89.7 Å². The first-order valence-corrected chi connectivity index (χ1v) is 9.80. The summed E-state index contributed by atoms with van der Waals surface area (Å²) in [6.45, 7) is 3.52. The van der Waals surface area contributed by atoms with Crippen LogP contribution in [0.1, 0.15) is 32.3 Å². The molecule has 29 heavy (non-hydrogen) atoms. The second-order valence-electron chi connectivity index (χ2n) is 6.27. The predicted octanol–water partition coefficient (Wildman–Crippen LogP) is 5.15. The Morgan fingerprint density at radius 2 is 1.62 bits per heavy atom. The molecule has 1 N–H and O–H groups in total. The Balaban J connectivity index is 3.08. The van der Waals surface area contributed by atoms with Crippen LogP contribution < -0.4 is 4.74 Å². The van der Waals surface area contributed by atoms with Gasteiger partial charge in [0, 0.05) is 21.4 Å². The van der Waals surface area contributed by atoms with Crippen LogP contribution in [0.15, 0.2) is 42.5 Å². The number of hydrogen-bond acceptors (Lipinski definition) is 6. The lowest BCUT2D eigenvalue weighted by Crippen LogP contribution is -2.49. The van der Waals surface area contributed by atoms with E-state index in [-0.39, 0.29) is 45.1 Å². The van der Waals surface area contributed by atoms with E-state index in [1.54, 1.807) is 50.2 Å². The third-order valence-electron chi connectivity index (χ3n) is 4.81. The van der Waals surface area contributed by atoms with Crippen molar-refractivity contribution in [3.8, 4) is 16.9 Å². The molecule has 2 aromatic carbocycles. The fourth-order valence-corrected chi connectivity index (χ4v) is 4.17. The number of aliphatic carboxylic acids is 1. The van der Waals surface area contributed by atoms with Crippen LogP contribution in [0.25, 0.3) is 11.1 Å². The molecule has 0 aliphatic carbocycles. The van der Waals surface area contributed by atoms with Gasteiger partial charge in [-0.25, -0.2) is 0 Å². The van der Waals surface area contributed by atoms with E-state index in [4.69, 9.17) is 29.2 Å². The lowest BCUT2D eigenvalue weighted by atomic mass is 9.70. The number of thiocarbonyl (C=S) groups is 2. The molecule has 8 heteroatoms. The van der Waals surface area contributed by atoms with E-state index in [9.17, 15) is 20.0 Å². The largest absolute Gasteiger partial charge is 0.496 e. The summed E-state index contributed by atoms with van der Waals surface area (Å²) < 4.78 is 5.50. The number of para-hydroxylation sites is 1. The average Bonchev–Trinajstić information content (AvgIpc) is 2.73. The summed E-state index contributed by atoms with van der Waals surface area (Å²) in [5.74, 6) is -0.963. The van der Waals surface area contributed by atoms with Gasteiger partial charge in [-0.05, 0) is 30.5 Å². The average molecular weight is 432 g/mol. The maximum atomic E-state index is 12.7. The van der Waals surface area contributed by atoms with Gasteiger partial charge < -0.3 is 9.84 Å². The van der Waals surface area contributed by atoms with Gasteiger partial charge >= 0.3 is 5.97 Å². The third-order valence-corrected chi connectivity index (χ3v) is 6.00. The van der Waals surface area contributed by atoms with Gasteiger partial charge in [0.15, 0.2) is 5.41 Å². The summed E-state index contributed by atoms with van der Waals surface area (Å²) in [6.07, 6.45) is 0.576. The number of carboxylic acid groups (broad SMARTS) is 1. The highest BCUT2D eigenvalue weighted by molar-refractivity contribution is 7.82. The van der Waals surface area contributed by atoms with Crippen LogP contribution in [-0.4, -0.2) is 32.8 Å². The van der Waals surface area contributed by atoms with E-state index in [1.807, 2.05) is 0 Å². The Bertz CT molecular complexity index is 971. The summed E-state index contributed by atoms with van der Waals surface area (Å²) in [7, 11) is 1.42. The summed E-state index contributed by atoms with van der Waals surface area (Å²) >= 11 is 11.1. The Labute approximate surface area is 179 Å². The molecule has 0 heterocycles. The number of methoxy groups -OCH3 is 1. The third kappa shape index (κ3) is 3.77. The molecular formula is C21H21NO5S2. The van der Waals surface area contributed by atoms with Crippen LogP contribution in [0, 0.1) is 10.1 Å². The van der Waals surface area contributed by atoms with Crippen molar-refractivity contribution >= 4 is 45.8 Å². The first-order valence-electron chi connectivity index (χ1n) is 8.98. The lowest BCUT2D eigenvalue weighted by Gasteiger charge is -2.34.